The summed E-state index contributed by atoms with van der Waals surface area (Å²) in [6, 6.07) is 14.7. The summed E-state index contributed by atoms with van der Waals surface area (Å²) in [5.74, 6) is -0.0412. The normalized spacial score (nSPS) is 16.1. The average molecular weight is 495 g/mol. The van der Waals surface area contributed by atoms with Crippen LogP contribution in [0.25, 0.3) is 6.08 Å². The molecule has 1 atom stereocenters. The largest absolute Gasteiger partial charge is 0.459 e. The lowest BCUT2D eigenvalue weighted by atomic mass is 9.96. The molecule has 1 unspecified atom stereocenters. The molecule has 0 bridgehead atoms. The molecular formula is C27H27ClN2O3S. The van der Waals surface area contributed by atoms with Crippen molar-refractivity contribution in [3.63, 3.8) is 0 Å². The summed E-state index contributed by atoms with van der Waals surface area (Å²) in [6.07, 6.45) is 1.58. The fourth-order valence-electron chi connectivity index (χ4n) is 3.95. The summed E-state index contributed by atoms with van der Waals surface area (Å²) in [4.78, 5) is 31.9. The first kappa shape index (κ1) is 24.2. The second-order valence-electron chi connectivity index (χ2n) is 8.91. The van der Waals surface area contributed by atoms with E-state index in [1.807, 2.05) is 30.3 Å². The number of allylic oxidation sites excluding steroid dienone is 1. The van der Waals surface area contributed by atoms with Gasteiger partial charge in [0.25, 0.3) is 5.56 Å². The zero-order valence-corrected chi connectivity index (χ0v) is 21.4. The summed E-state index contributed by atoms with van der Waals surface area (Å²) in [7, 11) is 0. The molecule has 0 aliphatic carbocycles. The lowest BCUT2D eigenvalue weighted by molar-refractivity contribution is -0.143. The minimum atomic E-state index is -0.648. The van der Waals surface area contributed by atoms with E-state index in [1.165, 1.54) is 16.9 Å². The smallest absolute Gasteiger partial charge is 0.338 e. The minimum Gasteiger partial charge on any atom is -0.459 e. The molecule has 2 aromatic carbocycles. The molecule has 1 aliphatic heterocycles. The van der Waals surface area contributed by atoms with Crippen LogP contribution in [0.1, 0.15) is 63.3 Å². The first-order valence-electron chi connectivity index (χ1n) is 11.2. The standard InChI is InChI=1S/C27H27ClN2O3S/c1-15(2)19-8-6-18(7-9-19)14-22-25(31)30-24(20-10-12-21(28)13-11-20)23(26(32)33-16(3)4)17(5)29-27(30)34-22/h6-16,24H,1-5H3/b22-14-. The number of halogens is 1. The molecule has 4 rings (SSSR count). The molecule has 176 valence electrons. The number of nitrogens with zero attached hydrogens (tertiary/aromatic N) is 2. The number of rotatable bonds is 5. The van der Waals surface area contributed by atoms with Crippen LogP contribution in [-0.2, 0) is 9.53 Å². The number of ether oxygens (including phenoxy) is 1. The molecule has 0 radical (unpaired) electrons. The third kappa shape index (κ3) is 4.79. The SMILES string of the molecule is CC1=C(C(=O)OC(C)C)C(c2ccc(Cl)cc2)n2c(s/c(=C\c3ccc(C(C)C)cc3)c2=O)=N1. The van der Waals surface area contributed by atoms with Crippen molar-refractivity contribution >= 4 is 35.0 Å². The van der Waals surface area contributed by atoms with Crippen LogP contribution in [0.4, 0.5) is 0 Å². The zero-order chi connectivity index (χ0) is 24.6. The predicted molar refractivity (Wildman–Crippen MR) is 137 cm³/mol. The number of benzene rings is 2. The second kappa shape index (κ2) is 9.72. The van der Waals surface area contributed by atoms with Gasteiger partial charge in [-0.1, -0.05) is 73.2 Å². The molecule has 0 fully saturated rings. The highest BCUT2D eigenvalue weighted by Crippen LogP contribution is 2.31. The Morgan fingerprint density at radius 3 is 2.32 bits per heavy atom. The first-order valence-corrected chi connectivity index (χ1v) is 12.4. The third-order valence-corrected chi connectivity index (χ3v) is 6.91. The van der Waals surface area contributed by atoms with Gasteiger partial charge in [-0.3, -0.25) is 9.36 Å². The molecule has 1 aromatic heterocycles. The van der Waals surface area contributed by atoms with E-state index in [4.69, 9.17) is 16.3 Å². The quantitative estimate of drug-likeness (QED) is 0.471. The molecule has 2 heterocycles. The second-order valence-corrected chi connectivity index (χ2v) is 10.4. The van der Waals surface area contributed by atoms with Gasteiger partial charge >= 0.3 is 5.97 Å². The summed E-state index contributed by atoms with van der Waals surface area (Å²) in [6.45, 7) is 9.67. The summed E-state index contributed by atoms with van der Waals surface area (Å²) < 4.78 is 7.67. The molecule has 0 spiro atoms. The van der Waals surface area contributed by atoms with E-state index >= 15 is 0 Å². The number of carbonyl (C=O) groups is 1. The van der Waals surface area contributed by atoms with Crippen LogP contribution in [0.5, 0.6) is 0 Å². The van der Waals surface area contributed by atoms with Crippen LogP contribution in [0, 0.1) is 0 Å². The van der Waals surface area contributed by atoms with Gasteiger partial charge in [0.2, 0.25) is 0 Å². The third-order valence-electron chi connectivity index (χ3n) is 5.67. The number of hydrogen-bond acceptors (Lipinski definition) is 5. The Labute approximate surface area is 207 Å². The Balaban J connectivity index is 1.89. The van der Waals surface area contributed by atoms with Gasteiger partial charge in [-0.25, -0.2) is 9.79 Å². The van der Waals surface area contributed by atoms with E-state index < -0.39 is 12.0 Å². The van der Waals surface area contributed by atoms with E-state index in [1.54, 1.807) is 37.5 Å². The van der Waals surface area contributed by atoms with Gasteiger partial charge < -0.3 is 4.74 Å². The van der Waals surface area contributed by atoms with Gasteiger partial charge in [-0.2, -0.15) is 0 Å². The highest BCUT2D eigenvalue weighted by Gasteiger charge is 2.33. The maximum Gasteiger partial charge on any atom is 0.338 e. The fraction of sp³-hybridized carbons (Fsp3) is 0.296. The Morgan fingerprint density at radius 1 is 1.09 bits per heavy atom. The highest BCUT2D eigenvalue weighted by molar-refractivity contribution is 7.07. The Bertz CT molecular complexity index is 1430. The minimum absolute atomic E-state index is 0.195. The molecular weight excluding hydrogens is 468 g/mol. The molecule has 5 nitrogen and oxygen atoms in total. The monoisotopic (exact) mass is 494 g/mol. The van der Waals surface area contributed by atoms with Crippen LogP contribution < -0.4 is 14.9 Å². The van der Waals surface area contributed by atoms with Crippen LogP contribution in [0.2, 0.25) is 5.02 Å². The summed E-state index contributed by atoms with van der Waals surface area (Å²) in [5.41, 5.74) is 3.65. The predicted octanol–water partition coefficient (Wildman–Crippen LogP) is 4.96. The van der Waals surface area contributed by atoms with E-state index in [-0.39, 0.29) is 11.7 Å². The van der Waals surface area contributed by atoms with E-state index in [9.17, 15) is 9.59 Å². The Morgan fingerprint density at radius 2 is 1.74 bits per heavy atom. The number of carbonyl (C=O) groups excluding carboxylic acids is 1. The van der Waals surface area contributed by atoms with Crippen molar-refractivity contribution in [2.75, 3.05) is 0 Å². The first-order chi connectivity index (χ1) is 16.2. The Hall–Kier alpha value is -2.96. The number of fused-ring (bicyclic) bond motifs is 1. The van der Waals surface area contributed by atoms with Crippen LogP contribution in [0.15, 0.2) is 69.6 Å². The average Bonchev–Trinajstić information content (AvgIpc) is 3.07. The van der Waals surface area contributed by atoms with E-state index in [0.717, 1.165) is 11.1 Å². The van der Waals surface area contributed by atoms with Gasteiger partial charge in [0.1, 0.15) is 0 Å². The Kier molecular flexibility index (Phi) is 6.91. The highest BCUT2D eigenvalue weighted by atomic mass is 35.5. The van der Waals surface area contributed by atoms with Crippen molar-refractivity contribution in [2.45, 2.75) is 52.7 Å². The summed E-state index contributed by atoms with van der Waals surface area (Å²) >= 11 is 7.43. The van der Waals surface area contributed by atoms with E-state index in [2.05, 4.69) is 31.0 Å². The molecule has 0 saturated carbocycles. The van der Waals surface area contributed by atoms with Gasteiger partial charge in [-0.05, 0) is 61.6 Å². The molecule has 3 aromatic rings. The lowest BCUT2D eigenvalue weighted by Crippen LogP contribution is -2.40. The van der Waals surface area contributed by atoms with Gasteiger partial charge in [0.05, 0.1) is 27.9 Å². The molecule has 34 heavy (non-hydrogen) atoms. The molecule has 0 N–H and O–H groups in total. The van der Waals surface area contributed by atoms with Crippen molar-refractivity contribution in [3.8, 4) is 0 Å². The van der Waals surface area contributed by atoms with Crippen molar-refractivity contribution in [1.82, 2.24) is 4.57 Å². The molecule has 7 heteroatoms. The molecule has 0 amide bonds. The fourth-order valence-corrected chi connectivity index (χ4v) is 5.12. The number of aromatic nitrogens is 1. The van der Waals surface area contributed by atoms with Crippen LogP contribution >= 0.6 is 22.9 Å². The van der Waals surface area contributed by atoms with Crippen molar-refractivity contribution < 1.29 is 9.53 Å². The van der Waals surface area contributed by atoms with Crippen molar-refractivity contribution in [3.05, 3.63) is 101 Å². The summed E-state index contributed by atoms with van der Waals surface area (Å²) in [5, 5.41) is 0.577. The number of esters is 1. The number of thiazole rings is 1. The number of hydrogen-bond donors (Lipinski definition) is 0. The zero-order valence-electron chi connectivity index (χ0n) is 19.8. The maximum atomic E-state index is 13.6. The van der Waals surface area contributed by atoms with Crippen LogP contribution in [-0.4, -0.2) is 16.6 Å². The molecule has 0 saturated heterocycles. The van der Waals surface area contributed by atoms with Gasteiger partial charge in [0.15, 0.2) is 4.80 Å². The van der Waals surface area contributed by atoms with Crippen LogP contribution in [0.3, 0.4) is 0 Å². The van der Waals surface area contributed by atoms with Gasteiger partial charge in [0, 0.05) is 5.02 Å². The topological polar surface area (TPSA) is 60.7 Å². The van der Waals surface area contributed by atoms with Crippen molar-refractivity contribution in [2.24, 2.45) is 4.99 Å². The van der Waals surface area contributed by atoms with Gasteiger partial charge in [-0.15, -0.1) is 0 Å². The molecule has 1 aliphatic rings. The van der Waals surface area contributed by atoms with Crippen molar-refractivity contribution in [1.29, 1.82) is 0 Å². The maximum absolute atomic E-state index is 13.6. The van der Waals surface area contributed by atoms with E-state index in [0.29, 0.717) is 31.5 Å². The lowest BCUT2D eigenvalue weighted by Gasteiger charge is -2.25.